The number of anilines is 2. The number of amides is 3. The molecule has 4 rings (SSSR count). The average Bonchev–Trinajstić information content (AvgIpc) is 2.81. The quantitative estimate of drug-likeness (QED) is 0.397. The fourth-order valence-electron chi connectivity index (χ4n) is 4.17. The number of ether oxygens (including phenoxy) is 1. The molecule has 37 heavy (non-hydrogen) atoms. The first kappa shape index (κ1) is 25.9. The third kappa shape index (κ3) is 6.16. The molecular weight excluding hydrogens is 497 g/mol. The van der Waals surface area contributed by atoms with Gasteiger partial charge in [-0.25, -0.2) is 13.6 Å². The van der Waals surface area contributed by atoms with E-state index in [4.69, 9.17) is 0 Å². The number of aryl methyl sites for hydroxylation is 1. The van der Waals surface area contributed by atoms with E-state index in [1.54, 1.807) is 12.1 Å². The summed E-state index contributed by atoms with van der Waals surface area (Å²) in [6.45, 7) is 1.88. The van der Waals surface area contributed by atoms with Crippen LogP contribution in [0, 0.1) is 18.6 Å². The lowest BCUT2D eigenvalue weighted by atomic mass is 9.98. The first-order chi connectivity index (χ1) is 17.5. The highest BCUT2D eigenvalue weighted by Gasteiger charge is 2.34. The Hall–Kier alpha value is -4.15. The minimum absolute atomic E-state index is 0.0663. The maximum Gasteiger partial charge on any atom is 0.573 e. The fourth-order valence-corrected chi connectivity index (χ4v) is 4.17. The molecule has 1 fully saturated rings. The lowest BCUT2D eigenvalue weighted by molar-refractivity contribution is -0.274. The van der Waals surface area contributed by atoms with Gasteiger partial charge >= 0.3 is 12.4 Å². The van der Waals surface area contributed by atoms with Crippen molar-refractivity contribution in [2.24, 2.45) is 0 Å². The summed E-state index contributed by atoms with van der Waals surface area (Å²) >= 11 is 0. The van der Waals surface area contributed by atoms with Gasteiger partial charge in [-0.1, -0.05) is 24.3 Å². The molecule has 1 unspecified atom stereocenters. The molecule has 11 heteroatoms. The number of nitrogens with zero attached hydrogens (tertiary/aromatic N) is 1. The predicted molar refractivity (Wildman–Crippen MR) is 127 cm³/mol. The zero-order chi connectivity index (χ0) is 26.7. The molecule has 0 aliphatic carbocycles. The van der Waals surface area contributed by atoms with Gasteiger partial charge in [-0.05, 0) is 72.9 Å². The summed E-state index contributed by atoms with van der Waals surface area (Å²) in [6.07, 6.45) is -4.23. The van der Waals surface area contributed by atoms with E-state index >= 15 is 8.78 Å². The minimum atomic E-state index is -4.85. The molecule has 194 valence electrons. The molecule has 0 radical (unpaired) electrons. The predicted octanol–water partition coefficient (Wildman–Crippen LogP) is 6.16. The first-order valence-corrected chi connectivity index (χ1v) is 11.3. The number of urea groups is 1. The van der Waals surface area contributed by atoms with Crippen LogP contribution in [0.5, 0.6) is 5.75 Å². The second-order valence-electron chi connectivity index (χ2n) is 8.46. The number of halogens is 5. The van der Waals surface area contributed by atoms with Crippen molar-refractivity contribution in [2.75, 3.05) is 16.8 Å². The van der Waals surface area contributed by atoms with E-state index in [-0.39, 0.29) is 18.7 Å². The van der Waals surface area contributed by atoms with E-state index in [0.29, 0.717) is 17.5 Å². The number of piperidine rings is 1. The summed E-state index contributed by atoms with van der Waals surface area (Å²) < 4.78 is 70.8. The highest BCUT2D eigenvalue weighted by atomic mass is 19.4. The van der Waals surface area contributed by atoms with Crippen LogP contribution in [-0.4, -0.2) is 30.9 Å². The van der Waals surface area contributed by atoms with Gasteiger partial charge in [0.1, 0.15) is 17.5 Å². The molecule has 1 aliphatic rings. The largest absolute Gasteiger partial charge is 0.573 e. The number of carbonyl (C=O) groups excluding carboxylic acids is 2. The van der Waals surface area contributed by atoms with Crippen molar-refractivity contribution in [1.82, 2.24) is 5.32 Å². The Bertz CT molecular complexity index is 1290. The standard InChI is InChI=1S/C26H22F5N3O3/c1-15-5-2-3-6-19(15)16-13-20(27)23(21(28)14-16)34-12-4-7-22(24(34)35)33-25(36)32-17-8-10-18(11-9-17)37-26(29,30)31/h2-3,5-6,8-11,13-14,22H,4,7,12H2,1H3,(H2,32,33,36). The minimum Gasteiger partial charge on any atom is -0.406 e. The average molecular weight is 519 g/mol. The Balaban J connectivity index is 1.45. The molecule has 6 nitrogen and oxygen atoms in total. The molecular formula is C26H22F5N3O3. The molecule has 0 aromatic heterocycles. The molecule has 3 aromatic carbocycles. The number of alkyl halides is 3. The third-order valence-corrected chi connectivity index (χ3v) is 5.83. The van der Waals surface area contributed by atoms with Crippen LogP contribution < -0.4 is 20.3 Å². The zero-order valence-corrected chi connectivity index (χ0v) is 19.5. The smallest absolute Gasteiger partial charge is 0.406 e. The van der Waals surface area contributed by atoms with Gasteiger partial charge in [0, 0.05) is 12.2 Å². The number of carbonyl (C=O) groups is 2. The molecule has 1 saturated heterocycles. The summed E-state index contributed by atoms with van der Waals surface area (Å²) in [5.74, 6) is -2.96. The van der Waals surface area contributed by atoms with Crippen molar-refractivity contribution >= 4 is 23.3 Å². The van der Waals surface area contributed by atoms with Crippen LogP contribution in [0.25, 0.3) is 11.1 Å². The van der Waals surface area contributed by atoms with E-state index in [9.17, 15) is 22.8 Å². The highest BCUT2D eigenvalue weighted by Crippen LogP contribution is 2.33. The Morgan fingerprint density at radius 3 is 2.30 bits per heavy atom. The topological polar surface area (TPSA) is 70.7 Å². The van der Waals surface area contributed by atoms with Gasteiger partial charge in [0.25, 0.3) is 0 Å². The molecule has 0 bridgehead atoms. The third-order valence-electron chi connectivity index (χ3n) is 5.83. The van der Waals surface area contributed by atoms with Crippen LogP contribution in [0.3, 0.4) is 0 Å². The molecule has 3 amide bonds. The number of nitrogens with one attached hydrogen (secondary N) is 2. The normalized spacial score (nSPS) is 15.9. The maximum absolute atomic E-state index is 15.1. The van der Waals surface area contributed by atoms with Crippen molar-refractivity contribution in [1.29, 1.82) is 0 Å². The van der Waals surface area contributed by atoms with Gasteiger partial charge < -0.3 is 20.3 Å². The van der Waals surface area contributed by atoms with E-state index in [1.807, 2.05) is 19.1 Å². The number of hydrogen-bond donors (Lipinski definition) is 2. The summed E-state index contributed by atoms with van der Waals surface area (Å²) in [5.41, 5.74) is 1.49. The molecule has 1 atom stereocenters. The van der Waals surface area contributed by atoms with E-state index < -0.39 is 47.4 Å². The van der Waals surface area contributed by atoms with Crippen LogP contribution in [0.4, 0.5) is 38.1 Å². The molecule has 0 saturated carbocycles. The molecule has 0 spiro atoms. The summed E-state index contributed by atoms with van der Waals surface area (Å²) in [5, 5.41) is 4.86. The molecule has 2 N–H and O–H groups in total. The Labute approximate surface area is 209 Å². The van der Waals surface area contributed by atoms with Gasteiger partial charge in [0.15, 0.2) is 11.6 Å². The maximum atomic E-state index is 15.1. The van der Waals surface area contributed by atoms with Crippen LogP contribution in [0.2, 0.25) is 0 Å². The van der Waals surface area contributed by atoms with Crippen LogP contribution in [-0.2, 0) is 4.79 Å². The molecule has 1 aliphatic heterocycles. The SMILES string of the molecule is Cc1ccccc1-c1cc(F)c(N2CCCC(NC(=O)Nc3ccc(OC(F)(F)F)cc3)C2=O)c(F)c1. The number of hydrogen-bond acceptors (Lipinski definition) is 3. The van der Waals surface area contributed by atoms with Crippen molar-refractivity contribution in [3.8, 4) is 16.9 Å². The van der Waals surface area contributed by atoms with E-state index in [2.05, 4.69) is 15.4 Å². The lowest BCUT2D eigenvalue weighted by Crippen LogP contribution is -2.53. The summed E-state index contributed by atoms with van der Waals surface area (Å²) in [6, 6.07) is 12.0. The Morgan fingerprint density at radius 2 is 1.68 bits per heavy atom. The second kappa shape index (κ2) is 10.5. The van der Waals surface area contributed by atoms with E-state index in [1.165, 1.54) is 24.3 Å². The fraction of sp³-hybridized carbons (Fsp3) is 0.231. The van der Waals surface area contributed by atoms with Gasteiger partial charge in [-0.3, -0.25) is 4.79 Å². The van der Waals surface area contributed by atoms with Crippen LogP contribution >= 0.6 is 0 Å². The van der Waals surface area contributed by atoms with Gasteiger partial charge in [0.2, 0.25) is 5.91 Å². The van der Waals surface area contributed by atoms with Gasteiger partial charge in [-0.2, -0.15) is 0 Å². The van der Waals surface area contributed by atoms with Gasteiger partial charge in [-0.15, -0.1) is 13.2 Å². The number of rotatable bonds is 5. The first-order valence-electron chi connectivity index (χ1n) is 11.3. The lowest BCUT2D eigenvalue weighted by Gasteiger charge is -2.33. The van der Waals surface area contributed by atoms with Crippen molar-refractivity contribution in [2.45, 2.75) is 32.2 Å². The van der Waals surface area contributed by atoms with Gasteiger partial charge in [0.05, 0.1) is 0 Å². The highest BCUT2D eigenvalue weighted by molar-refractivity contribution is 6.01. The van der Waals surface area contributed by atoms with Crippen LogP contribution in [0.1, 0.15) is 18.4 Å². The monoisotopic (exact) mass is 519 g/mol. The summed E-state index contributed by atoms with van der Waals surface area (Å²) in [7, 11) is 0. The van der Waals surface area contributed by atoms with Crippen molar-refractivity contribution < 1.29 is 36.3 Å². The zero-order valence-electron chi connectivity index (χ0n) is 19.5. The summed E-state index contributed by atoms with van der Waals surface area (Å²) in [4.78, 5) is 26.4. The van der Waals surface area contributed by atoms with Crippen molar-refractivity contribution in [3.63, 3.8) is 0 Å². The van der Waals surface area contributed by atoms with Crippen LogP contribution in [0.15, 0.2) is 60.7 Å². The van der Waals surface area contributed by atoms with Crippen molar-refractivity contribution in [3.05, 3.63) is 77.9 Å². The number of benzene rings is 3. The Morgan fingerprint density at radius 1 is 1.03 bits per heavy atom. The Kier molecular flexibility index (Phi) is 7.33. The second-order valence-corrected chi connectivity index (χ2v) is 8.46. The molecule has 3 aromatic rings. The van der Waals surface area contributed by atoms with E-state index in [0.717, 1.165) is 22.6 Å². The molecule has 1 heterocycles.